The van der Waals surface area contributed by atoms with Crippen LogP contribution >= 0.6 is 12.4 Å². The summed E-state index contributed by atoms with van der Waals surface area (Å²) in [6, 6.07) is 9.10. The lowest BCUT2D eigenvalue weighted by Crippen LogP contribution is -2.48. The molecule has 0 aliphatic carbocycles. The van der Waals surface area contributed by atoms with E-state index < -0.39 is 5.54 Å². The molecule has 0 spiro atoms. The Labute approximate surface area is 136 Å². The van der Waals surface area contributed by atoms with Crippen molar-refractivity contribution < 1.29 is 9.53 Å². The molecule has 120 valence electrons. The van der Waals surface area contributed by atoms with Crippen LogP contribution in [0.2, 0.25) is 0 Å². The Balaban J connectivity index is 0.00000242. The van der Waals surface area contributed by atoms with E-state index >= 15 is 0 Å². The third-order valence-electron chi connectivity index (χ3n) is 3.12. The molecular formula is C15H21ClN4O2. The molecule has 22 heavy (non-hydrogen) atoms. The van der Waals surface area contributed by atoms with Gasteiger partial charge in [-0.05, 0) is 44.2 Å². The maximum absolute atomic E-state index is 12.1. The summed E-state index contributed by atoms with van der Waals surface area (Å²) in [7, 11) is 1.62. The third-order valence-corrected chi connectivity index (χ3v) is 3.12. The molecule has 1 heterocycles. The second-order valence-corrected chi connectivity index (χ2v) is 5.39. The molecule has 1 aromatic heterocycles. The van der Waals surface area contributed by atoms with Gasteiger partial charge < -0.3 is 15.8 Å². The smallest absolute Gasteiger partial charge is 0.272 e. The van der Waals surface area contributed by atoms with Crippen LogP contribution < -0.4 is 15.8 Å². The fourth-order valence-electron chi connectivity index (χ4n) is 1.75. The fraction of sp³-hybridized carbons (Fsp3) is 0.333. The van der Waals surface area contributed by atoms with Crippen LogP contribution in [-0.4, -0.2) is 34.9 Å². The summed E-state index contributed by atoms with van der Waals surface area (Å²) in [5.74, 6) is 0.534. The monoisotopic (exact) mass is 324 g/mol. The molecular weight excluding hydrogens is 304 g/mol. The van der Waals surface area contributed by atoms with Crippen LogP contribution in [0, 0.1) is 0 Å². The molecule has 0 fully saturated rings. The molecule has 0 radical (unpaired) electrons. The summed E-state index contributed by atoms with van der Waals surface area (Å²) >= 11 is 0. The highest BCUT2D eigenvalue weighted by Gasteiger charge is 2.20. The quantitative estimate of drug-likeness (QED) is 0.878. The first-order valence-electron chi connectivity index (χ1n) is 6.68. The molecule has 0 saturated carbocycles. The van der Waals surface area contributed by atoms with Gasteiger partial charge in [0.25, 0.3) is 5.91 Å². The number of nitrogens with one attached hydrogen (secondary N) is 1. The van der Waals surface area contributed by atoms with Crippen LogP contribution in [0.1, 0.15) is 24.3 Å². The molecule has 3 N–H and O–H groups in total. The summed E-state index contributed by atoms with van der Waals surface area (Å²) in [5, 5.41) is 7.12. The van der Waals surface area contributed by atoms with Crippen molar-refractivity contribution in [2.24, 2.45) is 5.73 Å². The van der Waals surface area contributed by atoms with Gasteiger partial charge in [0.2, 0.25) is 0 Å². The minimum atomic E-state index is -0.457. The van der Waals surface area contributed by atoms with Crippen molar-refractivity contribution in [3.05, 3.63) is 42.2 Å². The van der Waals surface area contributed by atoms with E-state index in [1.165, 1.54) is 0 Å². The topological polar surface area (TPSA) is 82.2 Å². The molecule has 7 heteroatoms. The van der Waals surface area contributed by atoms with E-state index in [9.17, 15) is 4.79 Å². The summed E-state index contributed by atoms with van der Waals surface area (Å²) < 4.78 is 6.75. The molecule has 0 saturated heterocycles. The number of nitrogens with two attached hydrogens (primary N) is 1. The van der Waals surface area contributed by atoms with Crippen molar-refractivity contribution in [2.45, 2.75) is 19.4 Å². The van der Waals surface area contributed by atoms with E-state index in [2.05, 4.69) is 10.4 Å². The van der Waals surface area contributed by atoms with Gasteiger partial charge in [0.05, 0.1) is 12.8 Å². The van der Waals surface area contributed by atoms with Gasteiger partial charge in [0.15, 0.2) is 5.69 Å². The average molecular weight is 325 g/mol. The average Bonchev–Trinajstić information content (AvgIpc) is 2.97. The number of rotatable bonds is 5. The Bertz CT molecular complexity index is 623. The molecule has 2 aromatic rings. The molecule has 0 atom stereocenters. The van der Waals surface area contributed by atoms with Crippen LogP contribution in [0.25, 0.3) is 5.69 Å². The molecule has 1 aromatic carbocycles. The van der Waals surface area contributed by atoms with Gasteiger partial charge in [0.1, 0.15) is 5.75 Å². The normalized spacial score (nSPS) is 10.7. The number of amides is 1. The van der Waals surface area contributed by atoms with Gasteiger partial charge in [-0.15, -0.1) is 12.4 Å². The van der Waals surface area contributed by atoms with Crippen molar-refractivity contribution in [3.63, 3.8) is 0 Å². The zero-order valence-electron chi connectivity index (χ0n) is 12.9. The van der Waals surface area contributed by atoms with E-state index in [0.717, 1.165) is 11.4 Å². The van der Waals surface area contributed by atoms with Gasteiger partial charge >= 0.3 is 0 Å². The minimum absolute atomic E-state index is 0. The van der Waals surface area contributed by atoms with Crippen molar-refractivity contribution in [3.8, 4) is 11.4 Å². The largest absolute Gasteiger partial charge is 0.497 e. The maximum atomic E-state index is 12.1. The first kappa shape index (κ1) is 18.0. The molecule has 2 rings (SSSR count). The Morgan fingerprint density at radius 1 is 1.32 bits per heavy atom. The van der Waals surface area contributed by atoms with E-state index in [-0.39, 0.29) is 18.3 Å². The third kappa shape index (κ3) is 4.22. The number of hydrogen-bond acceptors (Lipinski definition) is 4. The number of carbonyl (C=O) groups excluding carboxylic acids is 1. The lowest BCUT2D eigenvalue weighted by molar-refractivity contribution is 0.0910. The van der Waals surface area contributed by atoms with Crippen LogP contribution in [-0.2, 0) is 0 Å². The number of aromatic nitrogens is 2. The molecule has 0 bridgehead atoms. The Morgan fingerprint density at radius 2 is 1.95 bits per heavy atom. The molecule has 0 unspecified atom stereocenters. The predicted octanol–water partition coefficient (Wildman–Crippen LogP) is 1.77. The van der Waals surface area contributed by atoms with Gasteiger partial charge in [0, 0.05) is 18.3 Å². The highest BCUT2D eigenvalue weighted by Crippen LogP contribution is 2.14. The Hall–Kier alpha value is -2.05. The van der Waals surface area contributed by atoms with Gasteiger partial charge in [-0.3, -0.25) is 4.79 Å². The second kappa shape index (κ2) is 7.29. The first-order valence-corrected chi connectivity index (χ1v) is 6.68. The van der Waals surface area contributed by atoms with Gasteiger partial charge in [-0.25, -0.2) is 4.68 Å². The molecule has 0 aliphatic rings. The first-order chi connectivity index (χ1) is 9.95. The van der Waals surface area contributed by atoms with Crippen LogP contribution in [0.15, 0.2) is 36.5 Å². The second-order valence-electron chi connectivity index (χ2n) is 5.39. The standard InChI is InChI=1S/C15H20N4O2.ClH/c1-15(2,10-16)17-14(20)13-8-9-19(18-13)11-4-6-12(21-3)7-5-11;/h4-9H,10,16H2,1-3H3,(H,17,20);1H. The Kier molecular flexibility index (Phi) is 5.96. The molecule has 6 nitrogen and oxygen atoms in total. The van der Waals surface area contributed by atoms with Crippen molar-refractivity contribution in [2.75, 3.05) is 13.7 Å². The number of nitrogens with zero attached hydrogens (tertiary/aromatic N) is 2. The summed E-state index contributed by atoms with van der Waals surface area (Å²) in [4.78, 5) is 12.1. The van der Waals surface area contributed by atoms with Crippen LogP contribution in [0.5, 0.6) is 5.75 Å². The van der Waals surface area contributed by atoms with Crippen LogP contribution in [0.4, 0.5) is 0 Å². The number of carbonyl (C=O) groups is 1. The van der Waals surface area contributed by atoms with Crippen molar-refractivity contribution in [1.82, 2.24) is 15.1 Å². The van der Waals surface area contributed by atoms with E-state index in [4.69, 9.17) is 10.5 Å². The van der Waals surface area contributed by atoms with Gasteiger partial charge in [-0.1, -0.05) is 0 Å². The van der Waals surface area contributed by atoms with Crippen molar-refractivity contribution >= 4 is 18.3 Å². The number of methoxy groups -OCH3 is 1. The van der Waals surface area contributed by atoms with Crippen molar-refractivity contribution in [1.29, 1.82) is 0 Å². The van der Waals surface area contributed by atoms with E-state index in [1.54, 1.807) is 24.1 Å². The predicted molar refractivity (Wildman–Crippen MR) is 88.0 cm³/mol. The fourth-order valence-corrected chi connectivity index (χ4v) is 1.75. The summed E-state index contributed by atoms with van der Waals surface area (Å²) in [6.07, 6.45) is 1.74. The zero-order valence-corrected chi connectivity index (χ0v) is 13.7. The van der Waals surface area contributed by atoms with Crippen LogP contribution in [0.3, 0.4) is 0 Å². The van der Waals surface area contributed by atoms with Gasteiger partial charge in [-0.2, -0.15) is 5.10 Å². The lowest BCUT2D eigenvalue weighted by Gasteiger charge is -2.23. The Morgan fingerprint density at radius 3 is 2.50 bits per heavy atom. The summed E-state index contributed by atoms with van der Waals surface area (Å²) in [5.41, 5.74) is 6.36. The maximum Gasteiger partial charge on any atom is 0.272 e. The SMILES string of the molecule is COc1ccc(-n2ccc(C(=O)NC(C)(C)CN)n2)cc1.Cl. The highest BCUT2D eigenvalue weighted by atomic mass is 35.5. The van der Waals surface area contributed by atoms with E-state index in [1.807, 2.05) is 38.1 Å². The molecule has 0 aliphatic heterocycles. The number of ether oxygens (including phenoxy) is 1. The number of benzene rings is 1. The minimum Gasteiger partial charge on any atom is -0.497 e. The summed E-state index contributed by atoms with van der Waals surface area (Å²) in [6.45, 7) is 4.09. The molecule has 1 amide bonds. The van der Waals surface area contributed by atoms with E-state index in [0.29, 0.717) is 12.2 Å². The number of hydrogen-bond donors (Lipinski definition) is 2. The highest BCUT2D eigenvalue weighted by molar-refractivity contribution is 5.92. The zero-order chi connectivity index (χ0) is 15.5. The lowest BCUT2D eigenvalue weighted by atomic mass is 10.1. The number of halogens is 1.